The van der Waals surface area contributed by atoms with Crippen LogP contribution in [0.5, 0.6) is 5.75 Å². The molecule has 1 aromatic rings. The molecule has 18 heavy (non-hydrogen) atoms. The molecule has 1 aromatic carbocycles. The summed E-state index contributed by atoms with van der Waals surface area (Å²) in [7, 11) is 1.68. The Labute approximate surface area is 109 Å². The summed E-state index contributed by atoms with van der Waals surface area (Å²) in [6, 6.07) is 6.17. The van der Waals surface area contributed by atoms with Gasteiger partial charge in [0.25, 0.3) is 0 Å². The number of aryl methyl sites for hydroxylation is 1. The minimum atomic E-state index is -0.243. The fraction of sp³-hybridized carbons (Fsp3) is 0.533. The molecular weight excluding hydrogens is 226 g/mol. The van der Waals surface area contributed by atoms with Crippen LogP contribution in [0.25, 0.3) is 0 Å². The summed E-state index contributed by atoms with van der Waals surface area (Å²) in [6.45, 7) is 6.38. The van der Waals surface area contributed by atoms with Crippen molar-refractivity contribution in [2.24, 2.45) is 11.7 Å². The number of carbonyl (C=O) groups is 1. The van der Waals surface area contributed by atoms with E-state index in [0.29, 0.717) is 18.3 Å². The molecule has 0 spiro atoms. The predicted molar refractivity (Wildman–Crippen MR) is 73.7 cm³/mol. The molecule has 3 heteroatoms. The number of amides is 1. The third-order valence-corrected chi connectivity index (χ3v) is 3.29. The molecular formula is C15H23NO2. The first-order chi connectivity index (χ1) is 8.45. The van der Waals surface area contributed by atoms with E-state index in [1.807, 2.05) is 12.1 Å². The topological polar surface area (TPSA) is 52.3 Å². The van der Waals surface area contributed by atoms with Gasteiger partial charge in [0.15, 0.2) is 0 Å². The molecule has 0 radical (unpaired) electrons. The molecule has 0 aromatic heterocycles. The van der Waals surface area contributed by atoms with Crippen molar-refractivity contribution in [3.05, 3.63) is 29.3 Å². The Bertz CT molecular complexity index is 413. The maximum absolute atomic E-state index is 11.0. The second kappa shape index (κ2) is 6.43. The number of hydrogen-bond acceptors (Lipinski definition) is 2. The van der Waals surface area contributed by atoms with Gasteiger partial charge >= 0.3 is 0 Å². The van der Waals surface area contributed by atoms with E-state index in [9.17, 15) is 4.79 Å². The van der Waals surface area contributed by atoms with Crippen molar-refractivity contribution in [2.45, 2.75) is 39.5 Å². The molecule has 2 N–H and O–H groups in total. The van der Waals surface area contributed by atoms with Crippen LogP contribution in [0.1, 0.15) is 43.7 Å². The normalized spacial score (nSPS) is 12.5. The van der Waals surface area contributed by atoms with Crippen LogP contribution in [0.4, 0.5) is 0 Å². The highest BCUT2D eigenvalue weighted by atomic mass is 16.5. The highest BCUT2D eigenvalue weighted by Crippen LogP contribution is 2.35. The lowest BCUT2D eigenvalue weighted by molar-refractivity contribution is -0.118. The van der Waals surface area contributed by atoms with Gasteiger partial charge in [0.2, 0.25) is 5.91 Å². The largest absolute Gasteiger partial charge is 0.496 e. The smallest absolute Gasteiger partial charge is 0.217 e. The van der Waals surface area contributed by atoms with Gasteiger partial charge in [-0.15, -0.1) is 0 Å². The molecule has 0 aliphatic carbocycles. The van der Waals surface area contributed by atoms with Gasteiger partial charge in [-0.1, -0.05) is 31.5 Å². The third kappa shape index (κ3) is 3.76. The molecule has 0 saturated heterocycles. The van der Waals surface area contributed by atoms with Crippen LogP contribution < -0.4 is 10.5 Å². The molecule has 0 aliphatic heterocycles. The number of nitrogens with two attached hydrogens (primary N) is 1. The van der Waals surface area contributed by atoms with Crippen molar-refractivity contribution in [3.8, 4) is 5.75 Å². The second-order valence-corrected chi connectivity index (χ2v) is 5.10. The van der Waals surface area contributed by atoms with Gasteiger partial charge in [-0.05, 0) is 36.8 Å². The summed E-state index contributed by atoms with van der Waals surface area (Å²) in [5.74, 6) is 1.39. The first-order valence-corrected chi connectivity index (χ1v) is 6.38. The van der Waals surface area contributed by atoms with Crippen molar-refractivity contribution >= 4 is 5.91 Å². The van der Waals surface area contributed by atoms with Gasteiger partial charge in [-0.25, -0.2) is 0 Å². The van der Waals surface area contributed by atoms with Crippen molar-refractivity contribution in [2.75, 3.05) is 7.11 Å². The van der Waals surface area contributed by atoms with Crippen molar-refractivity contribution in [1.82, 2.24) is 0 Å². The van der Waals surface area contributed by atoms with Crippen LogP contribution in [0.15, 0.2) is 18.2 Å². The number of rotatable bonds is 6. The maximum atomic E-state index is 11.0. The maximum Gasteiger partial charge on any atom is 0.217 e. The quantitative estimate of drug-likeness (QED) is 0.842. The summed E-state index contributed by atoms with van der Waals surface area (Å²) in [5, 5.41) is 0. The summed E-state index contributed by atoms with van der Waals surface area (Å²) in [5.41, 5.74) is 7.63. The Morgan fingerprint density at radius 3 is 2.56 bits per heavy atom. The van der Waals surface area contributed by atoms with Gasteiger partial charge in [-0.3, -0.25) is 4.79 Å². The summed E-state index contributed by atoms with van der Waals surface area (Å²) < 4.78 is 5.42. The molecule has 0 saturated carbocycles. The van der Waals surface area contributed by atoms with E-state index in [1.54, 1.807) is 7.11 Å². The highest BCUT2D eigenvalue weighted by Gasteiger charge is 2.20. The summed E-state index contributed by atoms with van der Waals surface area (Å²) in [4.78, 5) is 11.0. The van der Waals surface area contributed by atoms with Crippen LogP contribution in [0, 0.1) is 12.8 Å². The van der Waals surface area contributed by atoms with E-state index < -0.39 is 0 Å². The number of primary amides is 1. The van der Waals surface area contributed by atoms with E-state index in [4.69, 9.17) is 10.5 Å². The number of benzene rings is 1. The molecule has 0 aliphatic rings. The molecule has 3 nitrogen and oxygen atoms in total. The van der Waals surface area contributed by atoms with Crippen LogP contribution in [0.3, 0.4) is 0 Å². The zero-order valence-electron chi connectivity index (χ0n) is 11.7. The molecule has 0 fully saturated rings. The standard InChI is InChI=1S/C15H23NO2/c1-10(2)12(6-8-15(16)17)13-9-11(3)5-7-14(13)18-4/h5,7,9-10,12H,6,8H2,1-4H3,(H2,16,17). The monoisotopic (exact) mass is 249 g/mol. The average Bonchev–Trinajstić information content (AvgIpc) is 2.28. The lowest BCUT2D eigenvalue weighted by Crippen LogP contribution is -2.15. The predicted octanol–water partition coefficient (Wildman–Crippen LogP) is 3.01. The number of methoxy groups -OCH3 is 1. The van der Waals surface area contributed by atoms with Gasteiger partial charge < -0.3 is 10.5 Å². The van der Waals surface area contributed by atoms with Crippen LogP contribution in [-0.4, -0.2) is 13.0 Å². The van der Waals surface area contributed by atoms with Gasteiger partial charge in [0.1, 0.15) is 5.75 Å². The minimum Gasteiger partial charge on any atom is -0.496 e. The second-order valence-electron chi connectivity index (χ2n) is 5.10. The molecule has 0 bridgehead atoms. The Balaban J connectivity index is 3.04. The van der Waals surface area contributed by atoms with E-state index in [-0.39, 0.29) is 5.91 Å². The number of ether oxygens (including phenoxy) is 1. The van der Waals surface area contributed by atoms with Crippen molar-refractivity contribution in [1.29, 1.82) is 0 Å². The fourth-order valence-electron chi connectivity index (χ4n) is 2.29. The molecule has 0 heterocycles. The SMILES string of the molecule is COc1ccc(C)cc1C(CCC(N)=O)C(C)C. The van der Waals surface area contributed by atoms with Crippen LogP contribution in [-0.2, 0) is 4.79 Å². The summed E-state index contributed by atoms with van der Waals surface area (Å²) in [6.07, 6.45) is 1.19. The number of carbonyl (C=O) groups excluding carboxylic acids is 1. The number of hydrogen-bond donors (Lipinski definition) is 1. The van der Waals surface area contributed by atoms with E-state index in [1.165, 1.54) is 11.1 Å². The lowest BCUT2D eigenvalue weighted by atomic mass is 9.83. The highest BCUT2D eigenvalue weighted by molar-refractivity contribution is 5.73. The Kier molecular flexibility index (Phi) is 5.20. The zero-order chi connectivity index (χ0) is 13.7. The minimum absolute atomic E-state index is 0.243. The van der Waals surface area contributed by atoms with Crippen LogP contribution >= 0.6 is 0 Å². The van der Waals surface area contributed by atoms with Crippen molar-refractivity contribution in [3.63, 3.8) is 0 Å². The first kappa shape index (κ1) is 14.6. The van der Waals surface area contributed by atoms with Gasteiger partial charge in [-0.2, -0.15) is 0 Å². The average molecular weight is 249 g/mol. The Hall–Kier alpha value is -1.51. The molecule has 100 valence electrons. The van der Waals surface area contributed by atoms with E-state index in [0.717, 1.165) is 12.2 Å². The van der Waals surface area contributed by atoms with Crippen LogP contribution in [0.2, 0.25) is 0 Å². The van der Waals surface area contributed by atoms with Gasteiger partial charge in [0, 0.05) is 6.42 Å². The van der Waals surface area contributed by atoms with Crippen molar-refractivity contribution < 1.29 is 9.53 Å². The Morgan fingerprint density at radius 2 is 2.06 bits per heavy atom. The summed E-state index contributed by atoms with van der Waals surface area (Å²) >= 11 is 0. The molecule has 1 unspecified atom stereocenters. The van der Waals surface area contributed by atoms with E-state index in [2.05, 4.69) is 26.8 Å². The first-order valence-electron chi connectivity index (χ1n) is 6.38. The zero-order valence-corrected chi connectivity index (χ0v) is 11.7. The van der Waals surface area contributed by atoms with E-state index >= 15 is 0 Å². The Morgan fingerprint density at radius 1 is 1.39 bits per heavy atom. The lowest BCUT2D eigenvalue weighted by Gasteiger charge is -2.23. The molecule has 1 amide bonds. The fourth-order valence-corrected chi connectivity index (χ4v) is 2.29. The third-order valence-electron chi connectivity index (χ3n) is 3.29. The van der Waals surface area contributed by atoms with Gasteiger partial charge in [0.05, 0.1) is 7.11 Å². The molecule has 1 rings (SSSR count). The molecule has 1 atom stereocenters.